The van der Waals surface area contributed by atoms with E-state index in [1.165, 1.54) is 13.1 Å². The first-order valence-electron chi connectivity index (χ1n) is 7.60. The Hall–Kier alpha value is -3.68. The van der Waals surface area contributed by atoms with Gasteiger partial charge in [0, 0.05) is 18.2 Å². The summed E-state index contributed by atoms with van der Waals surface area (Å²) >= 11 is 0. The second kappa shape index (κ2) is 8.97. The first-order valence-corrected chi connectivity index (χ1v) is 7.60. The molecule has 0 heterocycles. The van der Waals surface area contributed by atoms with Crippen LogP contribution in [0.3, 0.4) is 0 Å². The first-order chi connectivity index (χ1) is 12.4. The molecule has 134 valence electrons. The summed E-state index contributed by atoms with van der Waals surface area (Å²) in [6.45, 7) is 0.968. The monoisotopic (exact) mass is 355 g/mol. The maximum absolute atomic E-state index is 12.1. The number of nitrogens with zero attached hydrogens (tertiary/aromatic N) is 1. The molecule has 0 radical (unpaired) electrons. The fraction of sp³-hybridized carbons (Fsp3) is 0.111. The Morgan fingerprint density at radius 1 is 1.15 bits per heavy atom. The molecule has 0 aromatic heterocycles. The Morgan fingerprint density at radius 2 is 1.88 bits per heavy atom. The van der Waals surface area contributed by atoms with Crippen molar-refractivity contribution < 1.29 is 24.2 Å². The molecule has 0 unspecified atom stereocenters. The Balaban J connectivity index is 1.92. The Labute approximate surface area is 149 Å². The predicted molar refractivity (Wildman–Crippen MR) is 95.4 cm³/mol. The quantitative estimate of drug-likeness (QED) is 0.518. The van der Waals surface area contributed by atoms with E-state index in [1.54, 1.807) is 48.5 Å². The summed E-state index contributed by atoms with van der Waals surface area (Å²) in [6, 6.07) is 13.0. The van der Waals surface area contributed by atoms with Gasteiger partial charge in [-0.05, 0) is 48.0 Å². The lowest BCUT2D eigenvalue weighted by molar-refractivity contribution is -0.139. The third-order valence-corrected chi connectivity index (χ3v) is 3.07. The van der Waals surface area contributed by atoms with Crippen LogP contribution in [0.5, 0.6) is 5.75 Å². The molecule has 0 saturated heterocycles. The molecule has 3 N–H and O–H groups in total. The van der Waals surface area contributed by atoms with E-state index in [9.17, 15) is 14.4 Å². The molecule has 8 heteroatoms. The highest BCUT2D eigenvalue weighted by Gasteiger charge is 2.05. The van der Waals surface area contributed by atoms with Gasteiger partial charge in [-0.1, -0.05) is 6.07 Å². The van der Waals surface area contributed by atoms with Gasteiger partial charge >= 0.3 is 5.97 Å². The number of benzene rings is 2. The van der Waals surface area contributed by atoms with E-state index in [-0.39, 0.29) is 5.91 Å². The summed E-state index contributed by atoms with van der Waals surface area (Å²) < 4.78 is 5.02. The number of carboxylic acid groups (broad SMARTS) is 1. The largest absolute Gasteiger partial charge is 0.482 e. The summed E-state index contributed by atoms with van der Waals surface area (Å²) in [5.74, 6) is -1.28. The molecule has 0 aliphatic rings. The van der Waals surface area contributed by atoms with Gasteiger partial charge in [-0.15, -0.1) is 0 Å². The summed E-state index contributed by atoms with van der Waals surface area (Å²) in [5.41, 5.74) is 3.96. The molecule has 0 saturated carbocycles. The minimum Gasteiger partial charge on any atom is -0.482 e. The van der Waals surface area contributed by atoms with Crippen molar-refractivity contribution in [1.29, 1.82) is 0 Å². The summed E-state index contributed by atoms with van der Waals surface area (Å²) in [4.78, 5) is 33.5. The van der Waals surface area contributed by atoms with Crippen molar-refractivity contribution in [2.45, 2.75) is 6.92 Å². The van der Waals surface area contributed by atoms with Crippen LogP contribution in [0.1, 0.15) is 22.8 Å². The number of carbonyl (C=O) groups excluding carboxylic acids is 2. The number of amides is 2. The van der Waals surface area contributed by atoms with Crippen molar-refractivity contribution in [1.82, 2.24) is 5.43 Å². The van der Waals surface area contributed by atoms with Gasteiger partial charge in [-0.2, -0.15) is 5.10 Å². The molecule has 2 aromatic carbocycles. The van der Waals surface area contributed by atoms with Gasteiger partial charge < -0.3 is 15.2 Å². The zero-order chi connectivity index (χ0) is 18.9. The Bertz CT molecular complexity index is 831. The average molecular weight is 355 g/mol. The molecule has 0 bridgehead atoms. The van der Waals surface area contributed by atoms with Crippen molar-refractivity contribution >= 4 is 29.7 Å². The second-order valence-corrected chi connectivity index (χ2v) is 5.21. The van der Waals surface area contributed by atoms with Crippen molar-refractivity contribution in [2.75, 3.05) is 11.9 Å². The predicted octanol–water partition coefficient (Wildman–Crippen LogP) is 1.87. The molecule has 0 atom stereocenters. The second-order valence-electron chi connectivity index (χ2n) is 5.21. The van der Waals surface area contributed by atoms with Gasteiger partial charge in [0.2, 0.25) is 5.91 Å². The van der Waals surface area contributed by atoms with E-state index in [0.29, 0.717) is 22.6 Å². The van der Waals surface area contributed by atoms with Crippen LogP contribution in [0, 0.1) is 0 Å². The molecule has 2 aromatic rings. The zero-order valence-electron chi connectivity index (χ0n) is 13.9. The van der Waals surface area contributed by atoms with E-state index < -0.39 is 18.5 Å². The SMILES string of the molecule is CC(=O)Nc1cccc(C(=O)N/N=C\c2ccc(OCC(=O)O)cc2)c1. The standard InChI is InChI=1S/C18H17N3O5/c1-12(22)20-15-4-2-3-14(9-15)18(25)21-19-10-13-5-7-16(8-6-13)26-11-17(23)24/h2-10H,11H2,1H3,(H,20,22)(H,21,25)(H,23,24)/b19-10-. The van der Waals surface area contributed by atoms with Crippen LogP contribution in [0.4, 0.5) is 5.69 Å². The molecule has 0 aliphatic carbocycles. The lowest BCUT2D eigenvalue weighted by Crippen LogP contribution is -2.18. The van der Waals surface area contributed by atoms with E-state index in [1.807, 2.05) is 0 Å². The van der Waals surface area contributed by atoms with Crippen molar-refractivity contribution in [2.24, 2.45) is 5.10 Å². The van der Waals surface area contributed by atoms with E-state index in [4.69, 9.17) is 9.84 Å². The van der Waals surface area contributed by atoms with Crippen LogP contribution < -0.4 is 15.5 Å². The van der Waals surface area contributed by atoms with Gasteiger partial charge in [-0.25, -0.2) is 10.2 Å². The molecule has 2 rings (SSSR count). The van der Waals surface area contributed by atoms with Crippen LogP contribution in [0.15, 0.2) is 53.6 Å². The number of anilines is 1. The highest BCUT2D eigenvalue weighted by Crippen LogP contribution is 2.12. The van der Waals surface area contributed by atoms with Crippen LogP contribution in [0.25, 0.3) is 0 Å². The summed E-state index contributed by atoms with van der Waals surface area (Å²) in [6.07, 6.45) is 1.44. The number of ether oxygens (including phenoxy) is 1. The third-order valence-electron chi connectivity index (χ3n) is 3.07. The molecule has 8 nitrogen and oxygen atoms in total. The van der Waals surface area contributed by atoms with Crippen molar-refractivity contribution in [3.05, 3.63) is 59.7 Å². The number of rotatable bonds is 7. The maximum Gasteiger partial charge on any atom is 0.341 e. The lowest BCUT2D eigenvalue weighted by atomic mass is 10.2. The van der Waals surface area contributed by atoms with Gasteiger partial charge in [-0.3, -0.25) is 9.59 Å². The molecular weight excluding hydrogens is 338 g/mol. The number of carbonyl (C=O) groups is 3. The Morgan fingerprint density at radius 3 is 2.54 bits per heavy atom. The zero-order valence-corrected chi connectivity index (χ0v) is 13.9. The van der Waals surface area contributed by atoms with Gasteiger partial charge in [0.25, 0.3) is 5.91 Å². The van der Waals surface area contributed by atoms with Gasteiger partial charge in [0.05, 0.1) is 6.21 Å². The smallest absolute Gasteiger partial charge is 0.341 e. The molecular formula is C18H17N3O5. The summed E-state index contributed by atoms with van der Waals surface area (Å²) in [7, 11) is 0. The molecule has 0 aliphatic heterocycles. The lowest BCUT2D eigenvalue weighted by Gasteiger charge is -2.05. The number of hydrazone groups is 1. The van der Waals surface area contributed by atoms with Gasteiger partial charge in [0.15, 0.2) is 6.61 Å². The molecule has 26 heavy (non-hydrogen) atoms. The van der Waals surface area contributed by atoms with E-state index >= 15 is 0 Å². The molecule has 2 amide bonds. The average Bonchev–Trinajstić information content (AvgIpc) is 2.60. The van der Waals surface area contributed by atoms with Gasteiger partial charge in [0.1, 0.15) is 5.75 Å². The number of nitrogens with one attached hydrogen (secondary N) is 2. The maximum atomic E-state index is 12.1. The van der Waals surface area contributed by atoms with Crippen molar-refractivity contribution in [3.8, 4) is 5.75 Å². The topological polar surface area (TPSA) is 117 Å². The number of hydrogen-bond acceptors (Lipinski definition) is 5. The highest BCUT2D eigenvalue weighted by molar-refractivity contribution is 5.97. The summed E-state index contributed by atoms with van der Waals surface area (Å²) in [5, 5.41) is 15.0. The van der Waals surface area contributed by atoms with Crippen LogP contribution in [0.2, 0.25) is 0 Å². The Kier molecular flexibility index (Phi) is 6.44. The fourth-order valence-corrected chi connectivity index (χ4v) is 1.97. The van der Waals surface area contributed by atoms with E-state index in [0.717, 1.165) is 0 Å². The van der Waals surface area contributed by atoms with Crippen LogP contribution in [-0.4, -0.2) is 35.7 Å². The number of aliphatic carboxylic acids is 1. The fourth-order valence-electron chi connectivity index (χ4n) is 1.97. The van der Waals surface area contributed by atoms with E-state index in [2.05, 4.69) is 15.8 Å². The highest BCUT2D eigenvalue weighted by atomic mass is 16.5. The van der Waals surface area contributed by atoms with Crippen LogP contribution in [-0.2, 0) is 9.59 Å². The third kappa shape index (κ3) is 6.08. The molecule has 0 fully saturated rings. The minimum atomic E-state index is -1.05. The number of hydrogen-bond donors (Lipinski definition) is 3. The first kappa shape index (κ1) is 18.7. The number of carboxylic acids is 1. The van der Waals surface area contributed by atoms with Crippen LogP contribution >= 0.6 is 0 Å². The van der Waals surface area contributed by atoms with Crippen molar-refractivity contribution in [3.63, 3.8) is 0 Å². The normalized spacial score (nSPS) is 10.3. The minimum absolute atomic E-state index is 0.226. The molecule has 0 spiro atoms.